The van der Waals surface area contributed by atoms with Crippen LogP contribution in [0, 0.1) is 5.92 Å². The number of thioether (sulfide) groups is 1. The molecule has 1 aromatic carbocycles. The lowest BCUT2D eigenvalue weighted by molar-refractivity contribution is -0.142. The van der Waals surface area contributed by atoms with Crippen LogP contribution in [-0.2, 0) is 25.5 Å². The van der Waals surface area contributed by atoms with Crippen molar-refractivity contribution >= 4 is 35.6 Å². The van der Waals surface area contributed by atoms with Crippen molar-refractivity contribution in [3.05, 3.63) is 35.9 Å². The molecule has 1 fully saturated rings. The van der Waals surface area contributed by atoms with Gasteiger partial charge in [0.05, 0.1) is 0 Å². The first-order valence-corrected chi connectivity index (χ1v) is 12.7. The molecule has 3 N–H and O–H groups in total. The molecule has 3 amide bonds. The Kier molecular flexibility index (Phi) is 10.2. The minimum atomic E-state index is -1.06. The van der Waals surface area contributed by atoms with Gasteiger partial charge in [-0.05, 0) is 45.4 Å². The average Bonchev–Trinajstić information content (AvgIpc) is 2.77. The quantitative estimate of drug-likeness (QED) is 0.482. The summed E-state index contributed by atoms with van der Waals surface area (Å²) in [5.41, 5.74) is 0.208. The van der Waals surface area contributed by atoms with Gasteiger partial charge >= 0.3 is 12.1 Å². The fourth-order valence-corrected chi connectivity index (χ4v) is 4.27. The maximum atomic E-state index is 13.3. The Balaban J connectivity index is 2.01. The van der Waals surface area contributed by atoms with Crippen molar-refractivity contribution in [1.82, 2.24) is 15.5 Å². The van der Waals surface area contributed by atoms with E-state index in [2.05, 4.69) is 10.6 Å². The summed E-state index contributed by atoms with van der Waals surface area (Å²) in [6, 6.07) is 7.66. The van der Waals surface area contributed by atoms with E-state index in [4.69, 9.17) is 4.74 Å². The first-order valence-electron chi connectivity index (χ1n) is 11.3. The number of carbonyl (C=O) groups is 4. The third kappa shape index (κ3) is 8.89. The summed E-state index contributed by atoms with van der Waals surface area (Å²) < 4.78 is 5.34. The second-order valence-corrected chi connectivity index (χ2v) is 10.3. The smallest absolute Gasteiger partial charge is 0.408 e. The number of nitrogens with zero attached hydrogens (tertiary/aromatic N) is 1. The van der Waals surface area contributed by atoms with Crippen molar-refractivity contribution in [2.24, 2.45) is 5.92 Å². The minimum absolute atomic E-state index is 0.237. The predicted molar refractivity (Wildman–Crippen MR) is 131 cm³/mol. The molecule has 10 heteroatoms. The number of rotatable bonds is 9. The van der Waals surface area contributed by atoms with E-state index in [1.165, 1.54) is 11.8 Å². The number of carboxylic acid groups (broad SMARTS) is 1. The lowest BCUT2D eigenvalue weighted by atomic mass is 9.94. The van der Waals surface area contributed by atoms with Crippen LogP contribution in [0.4, 0.5) is 4.79 Å². The Labute approximate surface area is 205 Å². The van der Waals surface area contributed by atoms with Gasteiger partial charge in [0.15, 0.2) is 0 Å². The van der Waals surface area contributed by atoms with Crippen LogP contribution in [-0.4, -0.2) is 76.7 Å². The summed E-state index contributed by atoms with van der Waals surface area (Å²) >= 11 is 1.35. The molecule has 1 saturated heterocycles. The second kappa shape index (κ2) is 12.6. The maximum absolute atomic E-state index is 13.3. The van der Waals surface area contributed by atoms with E-state index < -0.39 is 29.7 Å². The van der Waals surface area contributed by atoms with Gasteiger partial charge in [-0.2, -0.15) is 11.8 Å². The van der Waals surface area contributed by atoms with Crippen molar-refractivity contribution in [3.8, 4) is 0 Å². The van der Waals surface area contributed by atoms with E-state index in [1.54, 1.807) is 31.9 Å². The van der Waals surface area contributed by atoms with Crippen LogP contribution in [0.1, 0.15) is 39.2 Å². The van der Waals surface area contributed by atoms with Crippen molar-refractivity contribution < 1.29 is 29.0 Å². The van der Waals surface area contributed by atoms with Crippen molar-refractivity contribution in [2.75, 3.05) is 25.1 Å². The first-order chi connectivity index (χ1) is 16.0. The summed E-state index contributed by atoms with van der Waals surface area (Å²) in [5, 5.41) is 14.6. The second-order valence-electron chi connectivity index (χ2n) is 9.34. The number of nitrogens with one attached hydrogen (secondary N) is 2. The predicted octanol–water partition coefficient (Wildman–Crippen LogP) is 2.29. The summed E-state index contributed by atoms with van der Waals surface area (Å²) in [4.78, 5) is 51.2. The van der Waals surface area contributed by atoms with Crippen LogP contribution in [0.2, 0.25) is 0 Å². The summed E-state index contributed by atoms with van der Waals surface area (Å²) in [5.74, 6) is -1.68. The number of carboxylic acids is 1. The number of ether oxygens (including phenoxy) is 1. The molecule has 0 saturated carbocycles. The molecule has 1 aliphatic heterocycles. The van der Waals surface area contributed by atoms with Gasteiger partial charge in [0.1, 0.15) is 17.7 Å². The Bertz CT molecular complexity index is 850. The number of hydrogen-bond acceptors (Lipinski definition) is 6. The molecule has 188 valence electrons. The molecule has 2 rings (SSSR count). The van der Waals surface area contributed by atoms with Crippen LogP contribution < -0.4 is 10.6 Å². The zero-order valence-electron chi connectivity index (χ0n) is 20.2. The van der Waals surface area contributed by atoms with Gasteiger partial charge < -0.3 is 25.4 Å². The van der Waals surface area contributed by atoms with Gasteiger partial charge in [-0.15, -0.1) is 0 Å². The molecule has 1 aromatic rings. The number of piperidine rings is 1. The maximum Gasteiger partial charge on any atom is 0.408 e. The molecule has 0 spiro atoms. The zero-order chi connectivity index (χ0) is 25.3. The molecule has 2 atom stereocenters. The van der Waals surface area contributed by atoms with Gasteiger partial charge in [0.2, 0.25) is 11.8 Å². The summed E-state index contributed by atoms with van der Waals surface area (Å²) in [6.45, 7) is 5.95. The third-order valence-electron chi connectivity index (χ3n) is 5.40. The minimum Gasteiger partial charge on any atom is -0.480 e. The van der Waals surface area contributed by atoms with E-state index in [0.717, 1.165) is 5.56 Å². The van der Waals surface area contributed by atoms with E-state index >= 15 is 0 Å². The van der Waals surface area contributed by atoms with E-state index in [0.29, 0.717) is 32.4 Å². The highest BCUT2D eigenvalue weighted by atomic mass is 32.2. The van der Waals surface area contributed by atoms with Crippen LogP contribution in [0.3, 0.4) is 0 Å². The number of alkyl carbamates (subject to hydrolysis) is 1. The summed E-state index contributed by atoms with van der Waals surface area (Å²) in [7, 11) is 0. The third-order valence-corrected chi connectivity index (χ3v) is 6.06. The van der Waals surface area contributed by atoms with Crippen molar-refractivity contribution in [1.29, 1.82) is 0 Å². The highest BCUT2D eigenvalue weighted by Crippen LogP contribution is 2.20. The topological polar surface area (TPSA) is 125 Å². The fourth-order valence-electron chi connectivity index (χ4n) is 3.71. The van der Waals surface area contributed by atoms with Gasteiger partial charge in [-0.3, -0.25) is 9.59 Å². The molecular weight excluding hydrogens is 458 g/mol. The average molecular weight is 494 g/mol. The van der Waals surface area contributed by atoms with E-state index in [9.17, 15) is 24.3 Å². The monoisotopic (exact) mass is 493 g/mol. The van der Waals surface area contributed by atoms with Gasteiger partial charge in [0.25, 0.3) is 0 Å². The van der Waals surface area contributed by atoms with Gasteiger partial charge in [-0.25, -0.2) is 9.59 Å². The lowest BCUT2D eigenvalue weighted by Crippen LogP contribution is -2.53. The molecular formula is C24H35N3O6S. The van der Waals surface area contributed by atoms with E-state index in [1.807, 2.05) is 30.3 Å². The van der Waals surface area contributed by atoms with Gasteiger partial charge in [0, 0.05) is 31.2 Å². The standard InChI is InChI=1S/C24H35N3O6S/c1-24(2,3)33-23(32)26-18(14-16-8-6-5-7-9-16)21(29)27-12-10-17(11-13-27)20(28)25-19(15-34-4)22(30)31/h5-9,17-19H,10-15H2,1-4H3,(H,25,28)(H,26,32)(H,30,31)/t18-,19-/m0/s1. The molecule has 0 aliphatic carbocycles. The van der Waals surface area contributed by atoms with Crippen molar-refractivity contribution in [3.63, 3.8) is 0 Å². The molecule has 0 unspecified atom stereocenters. The Morgan fingerprint density at radius 3 is 2.24 bits per heavy atom. The van der Waals surface area contributed by atoms with Crippen LogP contribution >= 0.6 is 11.8 Å². The molecule has 0 radical (unpaired) electrons. The molecule has 1 heterocycles. The molecule has 9 nitrogen and oxygen atoms in total. The SMILES string of the molecule is CSC[C@H](NC(=O)C1CCN(C(=O)[C@H](Cc2ccccc2)NC(=O)OC(C)(C)C)CC1)C(=O)O. The highest BCUT2D eigenvalue weighted by molar-refractivity contribution is 7.98. The highest BCUT2D eigenvalue weighted by Gasteiger charge is 2.33. The van der Waals surface area contributed by atoms with Gasteiger partial charge in [-0.1, -0.05) is 30.3 Å². The number of amides is 3. The van der Waals surface area contributed by atoms with Crippen LogP contribution in [0.5, 0.6) is 0 Å². The van der Waals surface area contributed by atoms with Crippen molar-refractivity contribution in [2.45, 2.75) is 57.7 Å². The Morgan fingerprint density at radius 1 is 1.09 bits per heavy atom. The summed E-state index contributed by atoms with van der Waals surface area (Å²) in [6.07, 6.45) is 2.28. The normalized spacial score (nSPS) is 16.3. The largest absolute Gasteiger partial charge is 0.480 e. The molecule has 34 heavy (non-hydrogen) atoms. The number of benzene rings is 1. The number of aliphatic carboxylic acids is 1. The first kappa shape index (κ1) is 27.5. The van der Waals surface area contributed by atoms with Crippen LogP contribution in [0.15, 0.2) is 30.3 Å². The van der Waals surface area contributed by atoms with E-state index in [-0.39, 0.29) is 23.5 Å². The zero-order valence-corrected chi connectivity index (χ0v) is 21.0. The Morgan fingerprint density at radius 2 is 1.71 bits per heavy atom. The molecule has 1 aliphatic rings. The number of hydrogen-bond donors (Lipinski definition) is 3. The van der Waals surface area contributed by atoms with Crippen LogP contribution in [0.25, 0.3) is 0 Å². The number of carbonyl (C=O) groups excluding carboxylic acids is 3. The molecule has 0 aromatic heterocycles. The molecule has 0 bridgehead atoms. The fraction of sp³-hybridized carbons (Fsp3) is 0.583. The number of likely N-dealkylation sites (tertiary alicyclic amines) is 1. The lowest BCUT2D eigenvalue weighted by Gasteiger charge is -2.34. The Hall–Kier alpha value is -2.75.